The average Bonchev–Trinajstić information content (AvgIpc) is 2.80. The van der Waals surface area contributed by atoms with E-state index in [4.69, 9.17) is 0 Å². The second-order valence-corrected chi connectivity index (χ2v) is 6.37. The Kier molecular flexibility index (Phi) is 4.83. The third kappa shape index (κ3) is 2.79. The monoisotopic (exact) mass is 251 g/mol. The van der Waals surface area contributed by atoms with E-state index in [9.17, 15) is 4.79 Å². The van der Waals surface area contributed by atoms with Gasteiger partial charge in [0.25, 0.3) is 0 Å². The molecule has 2 fully saturated rings. The first kappa shape index (κ1) is 14.0. The van der Waals surface area contributed by atoms with Crippen LogP contribution in [0.25, 0.3) is 0 Å². The summed E-state index contributed by atoms with van der Waals surface area (Å²) in [5.41, 5.74) is -0.175. The van der Waals surface area contributed by atoms with Crippen LogP contribution in [0.2, 0.25) is 0 Å². The number of hydrogen-bond donors (Lipinski definition) is 0. The van der Waals surface area contributed by atoms with Gasteiger partial charge in [-0.3, -0.25) is 9.69 Å². The second-order valence-electron chi connectivity index (χ2n) is 6.37. The molecular formula is C16H29NO. The van der Waals surface area contributed by atoms with Crippen molar-refractivity contribution in [3.05, 3.63) is 0 Å². The van der Waals surface area contributed by atoms with Crippen LogP contribution in [0.15, 0.2) is 0 Å². The molecule has 0 radical (unpaired) electrons. The number of nitrogens with zero attached hydrogens (tertiary/aromatic N) is 1. The molecule has 0 bridgehead atoms. The molecule has 1 aliphatic heterocycles. The molecule has 0 amide bonds. The molecule has 1 unspecified atom stereocenters. The molecule has 0 spiro atoms. The lowest BCUT2D eigenvalue weighted by Crippen LogP contribution is -2.53. The van der Waals surface area contributed by atoms with Gasteiger partial charge in [-0.2, -0.15) is 0 Å². The standard InChI is InChI=1S/C16H29NO/c1-3-16(2,17-12-8-9-13-17)15(18)14-10-6-4-5-7-11-14/h14H,3-13H2,1-2H3. The fourth-order valence-corrected chi connectivity index (χ4v) is 3.75. The predicted octanol–water partition coefficient (Wildman–Crippen LogP) is 3.79. The van der Waals surface area contributed by atoms with Gasteiger partial charge >= 0.3 is 0 Å². The third-order valence-electron chi connectivity index (χ3n) is 5.25. The van der Waals surface area contributed by atoms with Crippen LogP contribution in [-0.2, 0) is 4.79 Å². The Morgan fingerprint density at radius 3 is 2.11 bits per heavy atom. The van der Waals surface area contributed by atoms with Crippen molar-refractivity contribution in [1.82, 2.24) is 4.90 Å². The molecule has 2 heteroatoms. The lowest BCUT2D eigenvalue weighted by atomic mass is 9.80. The van der Waals surface area contributed by atoms with Crippen LogP contribution in [0.1, 0.15) is 71.6 Å². The van der Waals surface area contributed by atoms with Crippen molar-refractivity contribution in [2.45, 2.75) is 77.2 Å². The Morgan fingerprint density at radius 1 is 1.06 bits per heavy atom. The average molecular weight is 251 g/mol. The Morgan fingerprint density at radius 2 is 1.61 bits per heavy atom. The minimum absolute atomic E-state index is 0.175. The summed E-state index contributed by atoms with van der Waals surface area (Å²) < 4.78 is 0. The number of Topliss-reactive ketones (excluding diaryl/α,β-unsaturated/α-hetero) is 1. The molecule has 1 saturated heterocycles. The summed E-state index contributed by atoms with van der Waals surface area (Å²) in [6.07, 6.45) is 11.0. The fourth-order valence-electron chi connectivity index (χ4n) is 3.75. The van der Waals surface area contributed by atoms with E-state index < -0.39 is 0 Å². The van der Waals surface area contributed by atoms with Gasteiger partial charge in [0.1, 0.15) is 0 Å². The summed E-state index contributed by atoms with van der Waals surface area (Å²) in [6, 6.07) is 0. The van der Waals surface area contributed by atoms with Crippen molar-refractivity contribution in [3.8, 4) is 0 Å². The number of ketones is 1. The molecule has 1 atom stereocenters. The molecule has 1 heterocycles. The number of carbonyl (C=O) groups is 1. The van der Waals surface area contributed by atoms with Crippen LogP contribution in [-0.4, -0.2) is 29.3 Å². The smallest absolute Gasteiger partial charge is 0.155 e. The van der Waals surface area contributed by atoms with E-state index in [0.717, 1.165) is 32.4 Å². The first-order chi connectivity index (χ1) is 8.68. The van der Waals surface area contributed by atoms with Gasteiger partial charge in [0.2, 0.25) is 0 Å². The topological polar surface area (TPSA) is 20.3 Å². The summed E-state index contributed by atoms with van der Waals surface area (Å²) in [5, 5.41) is 0. The molecule has 2 aliphatic rings. The minimum Gasteiger partial charge on any atom is -0.297 e. The number of rotatable bonds is 4. The number of carbonyl (C=O) groups excluding carboxylic acids is 1. The molecule has 18 heavy (non-hydrogen) atoms. The molecule has 104 valence electrons. The highest BCUT2D eigenvalue weighted by Crippen LogP contribution is 2.33. The van der Waals surface area contributed by atoms with Crippen LogP contribution in [0.4, 0.5) is 0 Å². The minimum atomic E-state index is -0.175. The summed E-state index contributed by atoms with van der Waals surface area (Å²) >= 11 is 0. The van der Waals surface area contributed by atoms with Gasteiger partial charge in [-0.05, 0) is 52.1 Å². The van der Waals surface area contributed by atoms with E-state index in [1.54, 1.807) is 0 Å². The molecule has 2 rings (SSSR count). The van der Waals surface area contributed by atoms with Gasteiger partial charge in [0.15, 0.2) is 5.78 Å². The van der Waals surface area contributed by atoms with Crippen LogP contribution in [0.5, 0.6) is 0 Å². The van der Waals surface area contributed by atoms with Gasteiger partial charge < -0.3 is 0 Å². The van der Waals surface area contributed by atoms with E-state index in [1.165, 1.54) is 38.5 Å². The maximum Gasteiger partial charge on any atom is 0.155 e. The second kappa shape index (κ2) is 6.18. The zero-order valence-corrected chi connectivity index (χ0v) is 12.2. The van der Waals surface area contributed by atoms with Crippen LogP contribution < -0.4 is 0 Å². The fraction of sp³-hybridized carbons (Fsp3) is 0.938. The number of likely N-dealkylation sites (tertiary alicyclic amines) is 1. The first-order valence-electron chi connectivity index (χ1n) is 7.98. The predicted molar refractivity (Wildman–Crippen MR) is 75.7 cm³/mol. The van der Waals surface area contributed by atoms with E-state index in [0.29, 0.717) is 11.7 Å². The van der Waals surface area contributed by atoms with E-state index in [-0.39, 0.29) is 5.54 Å². The molecule has 0 aromatic heterocycles. The van der Waals surface area contributed by atoms with Crippen molar-refractivity contribution >= 4 is 5.78 Å². The SMILES string of the molecule is CCC(C)(C(=O)C1CCCCCC1)N1CCCC1. The molecular weight excluding hydrogens is 222 g/mol. The summed E-state index contributed by atoms with van der Waals surface area (Å²) in [7, 11) is 0. The zero-order chi connectivity index (χ0) is 13.0. The maximum absolute atomic E-state index is 12.9. The quantitative estimate of drug-likeness (QED) is 0.709. The van der Waals surface area contributed by atoms with Gasteiger partial charge in [0, 0.05) is 5.92 Å². The third-order valence-corrected chi connectivity index (χ3v) is 5.25. The van der Waals surface area contributed by atoms with E-state index in [2.05, 4.69) is 18.7 Å². The molecule has 1 aliphatic carbocycles. The highest BCUT2D eigenvalue weighted by Gasteiger charge is 2.41. The van der Waals surface area contributed by atoms with Crippen molar-refractivity contribution in [2.75, 3.05) is 13.1 Å². The highest BCUT2D eigenvalue weighted by molar-refractivity contribution is 5.90. The summed E-state index contributed by atoms with van der Waals surface area (Å²) in [5.74, 6) is 0.895. The molecule has 1 saturated carbocycles. The first-order valence-corrected chi connectivity index (χ1v) is 7.98. The van der Waals surface area contributed by atoms with Crippen LogP contribution >= 0.6 is 0 Å². The van der Waals surface area contributed by atoms with Crippen molar-refractivity contribution in [1.29, 1.82) is 0 Å². The Labute approximate surface area is 112 Å². The van der Waals surface area contributed by atoms with Crippen molar-refractivity contribution < 1.29 is 4.79 Å². The molecule has 0 aromatic carbocycles. The zero-order valence-electron chi connectivity index (χ0n) is 12.2. The van der Waals surface area contributed by atoms with Gasteiger partial charge in [-0.25, -0.2) is 0 Å². The largest absolute Gasteiger partial charge is 0.297 e. The normalized spacial score (nSPS) is 26.8. The molecule has 0 aromatic rings. The Balaban J connectivity index is 2.07. The van der Waals surface area contributed by atoms with Gasteiger partial charge in [-0.15, -0.1) is 0 Å². The Bertz CT molecular complexity index is 275. The van der Waals surface area contributed by atoms with E-state index >= 15 is 0 Å². The summed E-state index contributed by atoms with van der Waals surface area (Å²) in [4.78, 5) is 15.4. The van der Waals surface area contributed by atoms with Crippen LogP contribution in [0, 0.1) is 5.92 Å². The molecule has 0 N–H and O–H groups in total. The lowest BCUT2D eigenvalue weighted by molar-refractivity contribution is -0.134. The molecule has 2 nitrogen and oxygen atoms in total. The number of hydrogen-bond acceptors (Lipinski definition) is 2. The maximum atomic E-state index is 12.9. The van der Waals surface area contributed by atoms with Gasteiger partial charge in [0.05, 0.1) is 5.54 Å². The lowest BCUT2D eigenvalue weighted by Gasteiger charge is -2.39. The van der Waals surface area contributed by atoms with Crippen molar-refractivity contribution in [2.24, 2.45) is 5.92 Å². The van der Waals surface area contributed by atoms with Crippen molar-refractivity contribution in [3.63, 3.8) is 0 Å². The Hall–Kier alpha value is -0.370. The highest BCUT2D eigenvalue weighted by atomic mass is 16.1. The van der Waals surface area contributed by atoms with Crippen LogP contribution in [0.3, 0.4) is 0 Å². The summed E-state index contributed by atoms with van der Waals surface area (Å²) in [6.45, 7) is 6.64. The van der Waals surface area contributed by atoms with E-state index in [1.807, 2.05) is 0 Å². The van der Waals surface area contributed by atoms with Gasteiger partial charge in [-0.1, -0.05) is 32.6 Å².